The normalized spacial score (nSPS) is 12.5. The third-order valence-corrected chi connectivity index (χ3v) is 3.80. The lowest BCUT2D eigenvalue weighted by Gasteiger charge is -2.14. The van der Waals surface area contributed by atoms with Gasteiger partial charge in [-0.1, -0.05) is 20.8 Å². The molecule has 0 radical (unpaired) electrons. The van der Waals surface area contributed by atoms with Gasteiger partial charge in [0, 0.05) is 17.4 Å². The van der Waals surface area contributed by atoms with Crippen LogP contribution in [0.4, 0.5) is 5.82 Å². The van der Waals surface area contributed by atoms with E-state index >= 15 is 0 Å². The maximum Gasteiger partial charge on any atom is 0.133 e. The van der Waals surface area contributed by atoms with E-state index in [0.717, 1.165) is 30.2 Å². The minimum atomic E-state index is 0.606. The predicted octanol–water partition coefficient (Wildman–Crippen LogP) is 3.36. The molecule has 3 nitrogen and oxygen atoms in total. The molecule has 0 spiro atoms. The monoisotopic (exact) mass is 239 g/mol. The smallest absolute Gasteiger partial charge is 0.133 e. The van der Waals surface area contributed by atoms with Crippen LogP contribution in [0.15, 0.2) is 11.4 Å². The summed E-state index contributed by atoms with van der Waals surface area (Å²) in [6, 6.07) is 0. The van der Waals surface area contributed by atoms with Gasteiger partial charge < -0.3 is 5.32 Å². The number of nitrogens with one attached hydrogen (secondary N) is 1. The van der Waals surface area contributed by atoms with Gasteiger partial charge >= 0.3 is 0 Å². The largest absolute Gasteiger partial charge is 0.370 e. The zero-order valence-electron chi connectivity index (χ0n) is 10.6. The molecule has 16 heavy (non-hydrogen) atoms. The van der Waals surface area contributed by atoms with Gasteiger partial charge in [0.1, 0.15) is 17.2 Å². The van der Waals surface area contributed by atoms with Gasteiger partial charge in [-0.3, -0.25) is 0 Å². The van der Waals surface area contributed by atoms with Crippen LogP contribution in [0.3, 0.4) is 0 Å². The minimum Gasteiger partial charge on any atom is -0.370 e. The van der Waals surface area contributed by atoms with E-state index in [9.17, 15) is 0 Å². The first kappa shape index (κ1) is 13.3. The maximum absolute atomic E-state index is 4.39. The summed E-state index contributed by atoms with van der Waals surface area (Å²) in [6.45, 7) is 9.58. The summed E-state index contributed by atoms with van der Waals surface area (Å²) >= 11 is 1.84. The van der Waals surface area contributed by atoms with Crippen molar-refractivity contribution in [1.82, 2.24) is 9.97 Å². The first-order valence-electron chi connectivity index (χ1n) is 5.97. The average Bonchev–Trinajstić information content (AvgIpc) is 2.29. The van der Waals surface area contributed by atoms with E-state index < -0.39 is 0 Å². The molecule has 1 heterocycles. The molecule has 1 rings (SSSR count). The topological polar surface area (TPSA) is 37.8 Å². The van der Waals surface area contributed by atoms with Gasteiger partial charge in [0.25, 0.3) is 0 Å². The van der Waals surface area contributed by atoms with Crippen LogP contribution < -0.4 is 5.32 Å². The van der Waals surface area contributed by atoms with Crippen LogP contribution in [0.5, 0.6) is 0 Å². The van der Waals surface area contributed by atoms with Gasteiger partial charge in [-0.15, -0.1) is 11.8 Å². The van der Waals surface area contributed by atoms with Crippen molar-refractivity contribution >= 4 is 17.6 Å². The van der Waals surface area contributed by atoms with Gasteiger partial charge in [0.05, 0.1) is 0 Å². The number of aromatic nitrogens is 2. The van der Waals surface area contributed by atoms with Crippen molar-refractivity contribution in [2.45, 2.75) is 50.8 Å². The van der Waals surface area contributed by atoms with E-state index in [4.69, 9.17) is 0 Å². The summed E-state index contributed by atoms with van der Waals surface area (Å²) in [5, 5.41) is 5.03. The highest BCUT2D eigenvalue weighted by atomic mass is 32.2. The molecule has 0 saturated carbocycles. The standard InChI is InChI=1S/C12H21N3S/c1-5-9(4)16-12-10(6-2)11(13-7-3)14-8-15-12/h8-9H,5-7H2,1-4H3,(H,13,14,15). The quantitative estimate of drug-likeness (QED) is 0.610. The third-order valence-electron chi connectivity index (χ3n) is 2.49. The van der Waals surface area contributed by atoms with E-state index in [1.165, 1.54) is 5.56 Å². The molecule has 0 fully saturated rings. The molecule has 0 aromatic carbocycles. The molecule has 0 bridgehead atoms. The van der Waals surface area contributed by atoms with Crippen LogP contribution in [0.25, 0.3) is 0 Å². The summed E-state index contributed by atoms with van der Waals surface area (Å²) in [4.78, 5) is 8.69. The molecule has 0 aliphatic heterocycles. The lowest BCUT2D eigenvalue weighted by Crippen LogP contribution is -2.06. The Morgan fingerprint density at radius 1 is 1.31 bits per heavy atom. The molecule has 1 aromatic rings. The fourth-order valence-corrected chi connectivity index (χ4v) is 2.45. The van der Waals surface area contributed by atoms with Crippen LogP contribution in [-0.4, -0.2) is 21.8 Å². The summed E-state index contributed by atoms with van der Waals surface area (Å²) in [7, 11) is 0. The average molecular weight is 239 g/mol. The second-order valence-corrected chi connectivity index (χ2v) is 5.15. The molecule has 1 unspecified atom stereocenters. The zero-order chi connectivity index (χ0) is 12.0. The van der Waals surface area contributed by atoms with Crippen LogP contribution in [-0.2, 0) is 6.42 Å². The molecule has 1 atom stereocenters. The van der Waals surface area contributed by atoms with Crippen LogP contribution in [0.1, 0.15) is 39.7 Å². The Labute approximate surface area is 102 Å². The van der Waals surface area contributed by atoms with Crippen molar-refractivity contribution in [3.05, 3.63) is 11.9 Å². The van der Waals surface area contributed by atoms with Crippen molar-refractivity contribution in [1.29, 1.82) is 0 Å². The number of hydrogen-bond acceptors (Lipinski definition) is 4. The lowest BCUT2D eigenvalue weighted by atomic mass is 10.2. The Kier molecular flexibility index (Phi) is 5.60. The molecule has 90 valence electrons. The summed E-state index contributed by atoms with van der Waals surface area (Å²) in [5.74, 6) is 0.991. The summed E-state index contributed by atoms with van der Waals surface area (Å²) < 4.78 is 0. The van der Waals surface area contributed by atoms with E-state index in [1.54, 1.807) is 6.33 Å². The summed E-state index contributed by atoms with van der Waals surface area (Å²) in [5.41, 5.74) is 1.25. The fraction of sp³-hybridized carbons (Fsp3) is 0.667. The van der Waals surface area contributed by atoms with Crippen molar-refractivity contribution in [2.75, 3.05) is 11.9 Å². The van der Waals surface area contributed by atoms with Gasteiger partial charge in [-0.05, 0) is 19.8 Å². The van der Waals surface area contributed by atoms with Crippen molar-refractivity contribution < 1.29 is 0 Å². The molecule has 1 N–H and O–H groups in total. The number of thioether (sulfide) groups is 1. The number of rotatable bonds is 6. The first-order valence-corrected chi connectivity index (χ1v) is 6.85. The zero-order valence-corrected chi connectivity index (χ0v) is 11.4. The predicted molar refractivity (Wildman–Crippen MR) is 71.2 cm³/mol. The van der Waals surface area contributed by atoms with Crippen molar-refractivity contribution in [3.8, 4) is 0 Å². The van der Waals surface area contributed by atoms with Crippen molar-refractivity contribution in [3.63, 3.8) is 0 Å². The van der Waals surface area contributed by atoms with Crippen molar-refractivity contribution in [2.24, 2.45) is 0 Å². The molecule has 1 aromatic heterocycles. The SMILES string of the molecule is CCNc1ncnc(SC(C)CC)c1CC. The second-order valence-electron chi connectivity index (χ2n) is 3.73. The Balaban J connectivity index is 2.94. The van der Waals surface area contributed by atoms with Gasteiger partial charge in [0.2, 0.25) is 0 Å². The molecule has 0 aliphatic rings. The van der Waals surface area contributed by atoms with E-state index in [2.05, 4.69) is 43.0 Å². The Bertz CT molecular complexity index is 328. The van der Waals surface area contributed by atoms with E-state index in [-0.39, 0.29) is 0 Å². The van der Waals surface area contributed by atoms with Gasteiger partial charge in [0.15, 0.2) is 0 Å². The third kappa shape index (κ3) is 3.37. The molecule has 0 saturated heterocycles. The van der Waals surface area contributed by atoms with Gasteiger partial charge in [-0.2, -0.15) is 0 Å². The number of hydrogen-bond donors (Lipinski definition) is 1. The van der Waals surface area contributed by atoms with Crippen LogP contribution >= 0.6 is 11.8 Å². The Morgan fingerprint density at radius 2 is 2.06 bits per heavy atom. The Hall–Kier alpha value is -0.770. The Morgan fingerprint density at radius 3 is 2.62 bits per heavy atom. The highest BCUT2D eigenvalue weighted by Crippen LogP contribution is 2.29. The molecular formula is C12H21N3S. The highest BCUT2D eigenvalue weighted by molar-refractivity contribution is 7.99. The first-order chi connectivity index (χ1) is 7.72. The molecule has 0 amide bonds. The maximum atomic E-state index is 4.39. The van der Waals surface area contributed by atoms with E-state index in [0.29, 0.717) is 5.25 Å². The molecule has 0 aliphatic carbocycles. The van der Waals surface area contributed by atoms with E-state index in [1.807, 2.05) is 11.8 Å². The second kappa shape index (κ2) is 6.74. The minimum absolute atomic E-state index is 0.606. The van der Waals surface area contributed by atoms with Crippen LogP contribution in [0.2, 0.25) is 0 Å². The summed E-state index contributed by atoms with van der Waals surface area (Å²) in [6.07, 6.45) is 3.79. The lowest BCUT2D eigenvalue weighted by molar-refractivity contribution is 0.886. The molecule has 4 heteroatoms. The molecular weight excluding hydrogens is 218 g/mol. The fourth-order valence-electron chi connectivity index (χ4n) is 1.41. The number of anilines is 1. The van der Waals surface area contributed by atoms with Gasteiger partial charge in [-0.25, -0.2) is 9.97 Å². The van der Waals surface area contributed by atoms with Crippen LogP contribution in [0, 0.1) is 0 Å². The number of nitrogens with zero attached hydrogens (tertiary/aromatic N) is 2. The highest BCUT2D eigenvalue weighted by Gasteiger charge is 2.11.